The van der Waals surface area contributed by atoms with E-state index in [2.05, 4.69) is 83.1 Å². The number of nitrogens with one attached hydrogen (secondary N) is 1. The number of aromatic nitrogens is 1. The molecule has 0 spiro atoms. The van der Waals surface area contributed by atoms with Crippen molar-refractivity contribution in [3.05, 3.63) is 113 Å². The number of rotatable bonds is 7. The number of thioether (sulfide) groups is 1. The molecule has 0 saturated heterocycles. The summed E-state index contributed by atoms with van der Waals surface area (Å²) in [6.07, 6.45) is 0.675. The maximum Gasteiger partial charge on any atom is 0.212 e. The summed E-state index contributed by atoms with van der Waals surface area (Å²) in [6, 6.07) is 31.4. The number of thiazole rings is 1. The van der Waals surface area contributed by atoms with Gasteiger partial charge in [0.15, 0.2) is 5.82 Å². The molecule has 0 aliphatic carbocycles. The topological polar surface area (TPSA) is 42.0 Å². The second-order valence-electron chi connectivity index (χ2n) is 6.13. The van der Waals surface area contributed by atoms with Crippen LogP contribution < -0.4 is 5.32 Å². The first-order chi connectivity index (χ1) is 13.8. The Labute approximate surface area is 172 Å². The van der Waals surface area contributed by atoms with Gasteiger partial charge < -0.3 is 5.32 Å². The third-order valence-corrected chi connectivity index (χ3v) is 7.07. The Kier molecular flexibility index (Phi) is 5.55. The average Bonchev–Trinajstić information content (AvgIpc) is 3.21. The Morgan fingerprint density at radius 1 is 0.786 bits per heavy atom. The molecule has 138 valence electrons. The van der Waals surface area contributed by atoms with Crippen LogP contribution in [0.3, 0.4) is 0 Å². The summed E-state index contributed by atoms with van der Waals surface area (Å²) in [7, 11) is 0. The minimum absolute atomic E-state index is 0.477. The van der Waals surface area contributed by atoms with Crippen LogP contribution in [0.5, 0.6) is 0 Å². The Morgan fingerprint density at radius 2 is 1.25 bits per heavy atom. The van der Waals surface area contributed by atoms with E-state index in [1.165, 1.54) is 28.0 Å². The van der Waals surface area contributed by atoms with Gasteiger partial charge in [0.05, 0.1) is 10.3 Å². The lowest BCUT2D eigenvalue weighted by molar-refractivity contribution is -0.105. The third kappa shape index (κ3) is 3.46. The van der Waals surface area contributed by atoms with Crippen molar-refractivity contribution in [2.45, 2.75) is 8.96 Å². The van der Waals surface area contributed by atoms with Crippen LogP contribution in [0.4, 0.5) is 5.82 Å². The SMILES string of the molecule is O=CNc1ncsc1SC(c1ccccc1)(c1ccccc1)c1ccccc1. The molecule has 1 amide bonds. The highest BCUT2D eigenvalue weighted by Gasteiger charge is 2.38. The van der Waals surface area contributed by atoms with Crippen LogP contribution in [0.25, 0.3) is 0 Å². The molecule has 28 heavy (non-hydrogen) atoms. The van der Waals surface area contributed by atoms with Crippen molar-refractivity contribution >= 4 is 35.3 Å². The molecule has 0 saturated carbocycles. The van der Waals surface area contributed by atoms with Gasteiger partial charge in [0, 0.05) is 0 Å². The summed E-state index contributed by atoms with van der Waals surface area (Å²) in [4.78, 5) is 15.4. The predicted octanol–water partition coefficient (Wildman–Crippen LogP) is 5.80. The van der Waals surface area contributed by atoms with Gasteiger partial charge in [0.1, 0.15) is 4.21 Å². The molecule has 0 fully saturated rings. The van der Waals surface area contributed by atoms with Crippen LogP contribution >= 0.6 is 23.1 Å². The Bertz CT molecular complexity index is 937. The highest BCUT2D eigenvalue weighted by atomic mass is 32.2. The van der Waals surface area contributed by atoms with Crippen LogP contribution in [0.2, 0.25) is 0 Å². The number of carbonyl (C=O) groups is 1. The summed E-state index contributed by atoms with van der Waals surface area (Å²) in [5.41, 5.74) is 5.27. The molecule has 0 aliphatic heterocycles. The first-order valence-electron chi connectivity index (χ1n) is 8.84. The van der Waals surface area contributed by atoms with Gasteiger partial charge >= 0.3 is 0 Å². The molecule has 5 heteroatoms. The number of amides is 1. The molecule has 3 nitrogen and oxygen atoms in total. The van der Waals surface area contributed by atoms with E-state index in [4.69, 9.17) is 0 Å². The normalized spacial score (nSPS) is 11.1. The maximum absolute atomic E-state index is 11.0. The van der Waals surface area contributed by atoms with E-state index in [0.29, 0.717) is 12.2 Å². The summed E-state index contributed by atoms with van der Waals surface area (Å²) in [6.45, 7) is 0. The molecule has 0 atom stereocenters. The van der Waals surface area contributed by atoms with Crippen molar-refractivity contribution in [1.82, 2.24) is 4.98 Å². The summed E-state index contributed by atoms with van der Waals surface area (Å²) in [5, 5.41) is 2.73. The zero-order valence-electron chi connectivity index (χ0n) is 15.0. The van der Waals surface area contributed by atoms with E-state index >= 15 is 0 Å². The van der Waals surface area contributed by atoms with Crippen LogP contribution in [-0.4, -0.2) is 11.4 Å². The molecule has 4 aromatic rings. The van der Waals surface area contributed by atoms with Crippen LogP contribution in [-0.2, 0) is 9.54 Å². The Hall–Kier alpha value is -2.89. The number of carbonyl (C=O) groups excluding carboxylic acids is 1. The van der Waals surface area contributed by atoms with Crippen molar-refractivity contribution < 1.29 is 4.79 Å². The largest absolute Gasteiger partial charge is 0.312 e. The van der Waals surface area contributed by atoms with Crippen molar-refractivity contribution in [2.24, 2.45) is 0 Å². The second-order valence-corrected chi connectivity index (χ2v) is 8.47. The van der Waals surface area contributed by atoms with E-state index in [0.717, 1.165) is 4.21 Å². The zero-order chi connectivity index (χ0) is 19.2. The van der Waals surface area contributed by atoms with Gasteiger partial charge in [-0.15, -0.1) is 11.3 Å². The van der Waals surface area contributed by atoms with Crippen LogP contribution in [0, 0.1) is 0 Å². The zero-order valence-corrected chi connectivity index (χ0v) is 16.6. The lowest BCUT2D eigenvalue weighted by Gasteiger charge is -2.35. The molecule has 0 bridgehead atoms. The van der Waals surface area contributed by atoms with Gasteiger partial charge in [-0.1, -0.05) is 103 Å². The summed E-state index contributed by atoms with van der Waals surface area (Å²) < 4.78 is 0.485. The monoisotopic (exact) mass is 402 g/mol. The van der Waals surface area contributed by atoms with Gasteiger partial charge in [-0.2, -0.15) is 0 Å². The van der Waals surface area contributed by atoms with Gasteiger partial charge in [-0.05, 0) is 16.7 Å². The first kappa shape index (κ1) is 18.5. The van der Waals surface area contributed by atoms with Crippen molar-refractivity contribution in [3.63, 3.8) is 0 Å². The minimum Gasteiger partial charge on any atom is -0.312 e. The number of benzene rings is 3. The highest BCUT2D eigenvalue weighted by molar-refractivity contribution is 8.02. The van der Waals surface area contributed by atoms with Crippen molar-refractivity contribution in [2.75, 3.05) is 5.32 Å². The lowest BCUT2D eigenvalue weighted by Crippen LogP contribution is -2.25. The summed E-state index contributed by atoms with van der Waals surface area (Å²) in [5.74, 6) is 0.595. The molecule has 0 aliphatic rings. The van der Waals surface area contributed by atoms with Crippen LogP contribution in [0.1, 0.15) is 16.7 Å². The molecular formula is C23H18N2OS2. The number of anilines is 1. The maximum atomic E-state index is 11.0. The quantitative estimate of drug-likeness (QED) is 0.241. The predicted molar refractivity (Wildman–Crippen MR) is 117 cm³/mol. The Balaban J connectivity index is 1.98. The fraction of sp³-hybridized carbons (Fsp3) is 0.0435. The lowest BCUT2D eigenvalue weighted by atomic mass is 9.84. The Morgan fingerprint density at radius 3 is 1.68 bits per heavy atom. The molecule has 3 aromatic carbocycles. The van der Waals surface area contributed by atoms with E-state index in [1.807, 2.05) is 18.2 Å². The van der Waals surface area contributed by atoms with Crippen molar-refractivity contribution in [1.29, 1.82) is 0 Å². The van der Waals surface area contributed by atoms with E-state index < -0.39 is 4.75 Å². The third-order valence-electron chi connectivity index (χ3n) is 4.52. The summed E-state index contributed by atoms with van der Waals surface area (Å²) >= 11 is 3.23. The number of hydrogen-bond donors (Lipinski definition) is 1. The van der Waals surface area contributed by atoms with E-state index in [-0.39, 0.29) is 0 Å². The van der Waals surface area contributed by atoms with Gasteiger partial charge in [0.25, 0.3) is 0 Å². The standard InChI is InChI=1S/C23H18N2OS2/c26-16-24-21-22(27-17-25-21)28-23(18-10-4-1-5-11-18,19-12-6-2-7-13-19)20-14-8-3-9-15-20/h1-17H,(H,24,26). The second kappa shape index (κ2) is 8.42. The molecule has 0 unspecified atom stereocenters. The van der Waals surface area contributed by atoms with Crippen molar-refractivity contribution in [3.8, 4) is 0 Å². The number of hydrogen-bond acceptors (Lipinski definition) is 4. The smallest absolute Gasteiger partial charge is 0.212 e. The molecular weight excluding hydrogens is 384 g/mol. The van der Waals surface area contributed by atoms with Gasteiger partial charge in [0.2, 0.25) is 6.41 Å². The molecule has 1 heterocycles. The fourth-order valence-electron chi connectivity index (χ4n) is 3.29. The minimum atomic E-state index is -0.477. The highest BCUT2D eigenvalue weighted by Crippen LogP contribution is 2.53. The van der Waals surface area contributed by atoms with E-state index in [9.17, 15) is 4.79 Å². The molecule has 4 rings (SSSR count). The molecule has 0 radical (unpaired) electrons. The molecule has 1 aromatic heterocycles. The number of nitrogens with zero attached hydrogens (tertiary/aromatic N) is 1. The van der Waals surface area contributed by atoms with Crippen LogP contribution in [0.15, 0.2) is 101 Å². The average molecular weight is 403 g/mol. The van der Waals surface area contributed by atoms with E-state index in [1.54, 1.807) is 17.3 Å². The van der Waals surface area contributed by atoms with Gasteiger partial charge in [-0.25, -0.2) is 4.98 Å². The molecule has 1 N–H and O–H groups in total. The first-order valence-corrected chi connectivity index (χ1v) is 10.5. The fourth-order valence-corrected chi connectivity index (χ4v) is 5.72. The van der Waals surface area contributed by atoms with Gasteiger partial charge in [-0.3, -0.25) is 4.79 Å².